The molecule has 7 heteroatoms. The Labute approximate surface area is 164 Å². The monoisotopic (exact) mass is 379 g/mol. The van der Waals surface area contributed by atoms with Gasteiger partial charge >= 0.3 is 0 Å². The van der Waals surface area contributed by atoms with Crippen molar-refractivity contribution in [2.75, 3.05) is 5.32 Å². The Bertz CT molecular complexity index is 1400. The molecule has 2 aromatic carbocycles. The average molecular weight is 379 g/mol. The van der Waals surface area contributed by atoms with Crippen molar-refractivity contribution in [2.24, 2.45) is 0 Å². The first-order valence-electron chi connectivity index (χ1n) is 8.88. The second kappa shape index (κ2) is 6.62. The van der Waals surface area contributed by atoms with Gasteiger partial charge in [0.15, 0.2) is 11.4 Å². The summed E-state index contributed by atoms with van der Waals surface area (Å²) in [5.74, 6) is -0.0220. The standard InChI is InChI=1S/C22H13N5O2/c23-13-15-19-21(25-17-10-5-4-9-16(17)24-19)27(14-7-2-1-3-8-14)20(15)26-22(28)18-11-6-12-29-18/h1-12H,(H,26,28). The van der Waals surface area contributed by atoms with E-state index in [1.807, 2.05) is 54.6 Å². The van der Waals surface area contributed by atoms with Crippen LogP contribution in [0.15, 0.2) is 77.4 Å². The summed E-state index contributed by atoms with van der Waals surface area (Å²) in [7, 11) is 0. The SMILES string of the molecule is N#Cc1c(NC(=O)c2ccco2)n(-c2ccccc2)c2nc3ccccc3nc12. The van der Waals surface area contributed by atoms with Gasteiger partial charge in [-0.25, -0.2) is 9.97 Å². The fraction of sp³-hybridized carbons (Fsp3) is 0. The summed E-state index contributed by atoms with van der Waals surface area (Å²) in [6.45, 7) is 0. The van der Waals surface area contributed by atoms with E-state index < -0.39 is 5.91 Å². The van der Waals surface area contributed by atoms with Crippen LogP contribution in [0.3, 0.4) is 0 Å². The van der Waals surface area contributed by atoms with E-state index >= 15 is 0 Å². The number of rotatable bonds is 3. The molecule has 138 valence electrons. The van der Waals surface area contributed by atoms with E-state index in [4.69, 9.17) is 9.40 Å². The highest BCUT2D eigenvalue weighted by molar-refractivity contribution is 6.05. The molecular formula is C22H13N5O2. The summed E-state index contributed by atoms with van der Waals surface area (Å²) < 4.78 is 6.92. The number of carbonyl (C=O) groups excluding carboxylic acids is 1. The van der Waals surface area contributed by atoms with Gasteiger partial charge in [0, 0.05) is 5.69 Å². The first-order valence-corrected chi connectivity index (χ1v) is 8.88. The Morgan fingerprint density at radius 3 is 2.38 bits per heavy atom. The van der Waals surface area contributed by atoms with Crippen molar-refractivity contribution < 1.29 is 9.21 Å². The number of carbonyl (C=O) groups is 1. The summed E-state index contributed by atoms with van der Waals surface area (Å²) in [6, 6.07) is 22.2. The highest BCUT2D eigenvalue weighted by Crippen LogP contribution is 2.32. The summed E-state index contributed by atoms with van der Waals surface area (Å²) in [5, 5.41) is 12.7. The zero-order chi connectivity index (χ0) is 19.8. The molecule has 0 aliphatic carbocycles. The van der Waals surface area contributed by atoms with Gasteiger partial charge in [-0.2, -0.15) is 5.26 Å². The van der Waals surface area contributed by atoms with Crippen LogP contribution in [0.5, 0.6) is 0 Å². The first-order chi connectivity index (χ1) is 14.3. The van der Waals surface area contributed by atoms with Gasteiger partial charge in [-0.1, -0.05) is 30.3 Å². The number of aromatic nitrogens is 3. The van der Waals surface area contributed by atoms with Crippen LogP contribution in [-0.4, -0.2) is 20.4 Å². The summed E-state index contributed by atoms with van der Waals surface area (Å²) in [5.41, 5.74) is 3.26. The Morgan fingerprint density at radius 2 is 1.69 bits per heavy atom. The number of nitriles is 1. The van der Waals surface area contributed by atoms with Gasteiger partial charge in [-0.05, 0) is 36.4 Å². The number of benzene rings is 2. The number of amides is 1. The normalized spacial score (nSPS) is 10.9. The zero-order valence-corrected chi connectivity index (χ0v) is 15.0. The lowest BCUT2D eigenvalue weighted by atomic mass is 10.2. The molecule has 3 aromatic heterocycles. The van der Waals surface area contributed by atoms with Crippen LogP contribution in [0, 0.1) is 11.3 Å². The summed E-state index contributed by atoms with van der Waals surface area (Å²) in [4.78, 5) is 22.0. The number of fused-ring (bicyclic) bond motifs is 2. The van der Waals surface area contributed by atoms with Crippen molar-refractivity contribution >= 4 is 33.9 Å². The zero-order valence-electron chi connectivity index (χ0n) is 15.0. The largest absolute Gasteiger partial charge is 0.459 e. The molecule has 1 amide bonds. The van der Waals surface area contributed by atoms with Crippen LogP contribution in [0.4, 0.5) is 5.82 Å². The molecule has 0 radical (unpaired) electrons. The van der Waals surface area contributed by atoms with E-state index in [-0.39, 0.29) is 11.3 Å². The molecule has 0 unspecified atom stereocenters. The molecule has 29 heavy (non-hydrogen) atoms. The van der Waals surface area contributed by atoms with Crippen molar-refractivity contribution in [3.63, 3.8) is 0 Å². The van der Waals surface area contributed by atoms with Gasteiger partial charge in [0.25, 0.3) is 5.91 Å². The minimum Gasteiger partial charge on any atom is -0.459 e. The molecule has 0 saturated carbocycles. The number of nitrogens with one attached hydrogen (secondary N) is 1. The number of hydrogen-bond donors (Lipinski definition) is 1. The van der Waals surface area contributed by atoms with E-state index in [0.717, 1.165) is 5.69 Å². The highest BCUT2D eigenvalue weighted by Gasteiger charge is 2.24. The van der Waals surface area contributed by atoms with Crippen molar-refractivity contribution in [1.82, 2.24) is 14.5 Å². The van der Waals surface area contributed by atoms with Crippen molar-refractivity contribution in [3.8, 4) is 11.8 Å². The summed E-state index contributed by atoms with van der Waals surface area (Å²) in [6.07, 6.45) is 1.42. The van der Waals surface area contributed by atoms with E-state index in [0.29, 0.717) is 28.0 Å². The third-order valence-electron chi connectivity index (χ3n) is 4.56. The fourth-order valence-electron chi connectivity index (χ4n) is 3.27. The molecule has 0 aliphatic rings. The predicted molar refractivity (Wildman–Crippen MR) is 108 cm³/mol. The van der Waals surface area contributed by atoms with Crippen LogP contribution < -0.4 is 5.32 Å². The lowest BCUT2D eigenvalue weighted by Gasteiger charge is -2.11. The summed E-state index contributed by atoms with van der Waals surface area (Å²) >= 11 is 0. The third-order valence-corrected chi connectivity index (χ3v) is 4.56. The van der Waals surface area contributed by atoms with Gasteiger partial charge in [0.2, 0.25) is 0 Å². The van der Waals surface area contributed by atoms with E-state index in [2.05, 4.69) is 16.4 Å². The lowest BCUT2D eigenvalue weighted by Crippen LogP contribution is -2.15. The second-order valence-corrected chi connectivity index (χ2v) is 6.32. The van der Waals surface area contributed by atoms with Gasteiger partial charge in [-0.15, -0.1) is 0 Å². The molecule has 1 N–H and O–H groups in total. The molecule has 0 fully saturated rings. The third kappa shape index (κ3) is 2.71. The van der Waals surface area contributed by atoms with Crippen LogP contribution in [-0.2, 0) is 0 Å². The van der Waals surface area contributed by atoms with Gasteiger partial charge in [-0.3, -0.25) is 9.36 Å². The maximum atomic E-state index is 12.7. The smallest absolute Gasteiger partial charge is 0.292 e. The average Bonchev–Trinajstić information content (AvgIpc) is 3.39. The van der Waals surface area contributed by atoms with E-state index in [1.54, 1.807) is 16.7 Å². The Hall–Kier alpha value is -4.44. The maximum absolute atomic E-state index is 12.7. The molecule has 7 nitrogen and oxygen atoms in total. The molecule has 0 bridgehead atoms. The van der Waals surface area contributed by atoms with Crippen LogP contribution >= 0.6 is 0 Å². The molecule has 0 saturated heterocycles. The van der Waals surface area contributed by atoms with Crippen LogP contribution in [0.2, 0.25) is 0 Å². The molecule has 3 heterocycles. The first kappa shape index (κ1) is 16.7. The molecule has 5 rings (SSSR count). The minimum absolute atomic E-state index is 0.143. The van der Waals surface area contributed by atoms with Crippen LogP contribution in [0.25, 0.3) is 27.9 Å². The van der Waals surface area contributed by atoms with E-state index in [9.17, 15) is 10.1 Å². The van der Waals surface area contributed by atoms with Crippen molar-refractivity contribution in [3.05, 3.63) is 84.3 Å². The van der Waals surface area contributed by atoms with Crippen molar-refractivity contribution in [2.45, 2.75) is 0 Å². The Morgan fingerprint density at radius 1 is 0.966 bits per heavy atom. The lowest BCUT2D eigenvalue weighted by molar-refractivity contribution is 0.0996. The number of hydrogen-bond acceptors (Lipinski definition) is 5. The highest BCUT2D eigenvalue weighted by atomic mass is 16.3. The topological polar surface area (TPSA) is 96.7 Å². The van der Waals surface area contributed by atoms with Crippen LogP contribution in [0.1, 0.15) is 16.1 Å². The molecule has 0 spiro atoms. The number of anilines is 1. The number of para-hydroxylation sites is 3. The Kier molecular flexibility index (Phi) is 3.82. The fourth-order valence-corrected chi connectivity index (χ4v) is 3.27. The second-order valence-electron chi connectivity index (χ2n) is 6.32. The molecule has 5 aromatic rings. The van der Waals surface area contributed by atoms with Gasteiger partial charge in [0.1, 0.15) is 23.0 Å². The maximum Gasteiger partial charge on any atom is 0.292 e. The van der Waals surface area contributed by atoms with Crippen molar-refractivity contribution in [1.29, 1.82) is 5.26 Å². The van der Waals surface area contributed by atoms with E-state index in [1.165, 1.54) is 6.26 Å². The van der Waals surface area contributed by atoms with Gasteiger partial charge < -0.3 is 9.73 Å². The Balaban J connectivity index is 1.83. The van der Waals surface area contributed by atoms with Gasteiger partial charge in [0.05, 0.1) is 17.3 Å². The quantitative estimate of drug-likeness (QED) is 0.504. The minimum atomic E-state index is -0.462. The number of furan rings is 1. The molecule has 0 atom stereocenters. The molecular weight excluding hydrogens is 366 g/mol. The predicted octanol–water partition coefficient (Wildman–Crippen LogP) is 4.29. The number of nitrogens with zero attached hydrogens (tertiary/aromatic N) is 4. The molecule has 0 aliphatic heterocycles.